The summed E-state index contributed by atoms with van der Waals surface area (Å²) in [7, 11) is 0. The molecule has 0 saturated heterocycles. The summed E-state index contributed by atoms with van der Waals surface area (Å²) in [5.41, 5.74) is 0.753. The van der Waals surface area contributed by atoms with Gasteiger partial charge in [-0.05, 0) is 24.3 Å². The molecule has 0 N–H and O–H groups in total. The van der Waals surface area contributed by atoms with E-state index in [-0.39, 0.29) is 5.82 Å². The van der Waals surface area contributed by atoms with Gasteiger partial charge in [-0.25, -0.2) is 9.07 Å². The topological polar surface area (TPSA) is 27.1 Å². The molecular formula is C15H10ClFN2O. The molecule has 0 aliphatic rings. The van der Waals surface area contributed by atoms with Crippen LogP contribution in [-0.4, -0.2) is 9.78 Å². The Morgan fingerprint density at radius 3 is 2.70 bits per heavy atom. The molecule has 0 fully saturated rings. The second kappa shape index (κ2) is 5.35. The fraction of sp³-hybridized carbons (Fsp3) is 0. The Bertz CT molecular complexity index is 742. The van der Waals surface area contributed by atoms with Crippen LogP contribution in [0, 0.1) is 5.82 Å². The van der Waals surface area contributed by atoms with E-state index >= 15 is 0 Å². The number of benzene rings is 2. The third-order valence-corrected chi connectivity index (χ3v) is 3.01. The first kappa shape index (κ1) is 12.7. The highest BCUT2D eigenvalue weighted by molar-refractivity contribution is 6.32. The molecule has 0 aliphatic heterocycles. The molecule has 20 heavy (non-hydrogen) atoms. The fourth-order valence-electron chi connectivity index (χ4n) is 1.79. The standard InChI is InChI=1S/C15H10ClFN2O/c16-14-6-1-2-7-15(14)19-10-13(9-18-19)20-12-5-3-4-11(17)8-12/h1-10H. The van der Waals surface area contributed by atoms with Gasteiger partial charge in [-0.1, -0.05) is 29.8 Å². The maximum absolute atomic E-state index is 13.1. The SMILES string of the molecule is Fc1cccc(Oc2cnn(-c3ccccc3Cl)c2)c1. The second-order valence-corrected chi connectivity index (χ2v) is 4.54. The Morgan fingerprint density at radius 2 is 1.90 bits per heavy atom. The predicted octanol–water partition coefficient (Wildman–Crippen LogP) is 4.46. The van der Waals surface area contributed by atoms with Crippen molar-refractivity contribution < 1.29 is 9.13 Å². The zero-order chi connectivity index (χ0) is 13.9. The molecule has 0 atom stereocenters. The molecule has 0 spiro atoms. The van der Waals surface area contributed by atoms with Gasteiger partial charge < -0.3 is 4.74 Å². The number of nitrogens with zero attached hydrogens (tertiary/aromatic N) is 2. The van der Waals surface area contributed by atoms with E-state index in [0.717, 1.165) is 5.69 Å². The molecule has 5 heteroatoms. The minimum Gasteiger partial charge on any atom is -0.454 e. The Morgan fingerprint density at radius 1 is 1.05 bits per heavy atom. The number of para-hydroxylation sites is 1. The van der Waals surface area contributed by atoms with Crippen molar-refractivity contribution in [1.29, 1.82) is 0 Å². The molecule has 100 valence electrons. The highest BCUT2D eigenvalue weighted by atomic mass is 35.5. The van der Waals surface area contributed by atoms with E-state index in [0.29, 0.717) is 16.5 Å². The van der Waals surface area contributed by atoms with Crippen LogP contribution in [-0.2, 0) is 0 Å². The van der Waals surface area contributed by atoms with Crippen LogP contribution in [0.5, 0.6) is 11.5 Å². The molecular weight excluding hydrogens is 279 g/mol. The van der Waals surface area contributed by atoms with E-state index < -0.39 is 0 Å². The van der Waals surface area contributed by atoms with Crippen LogP contribution in [0.25, 0.3) is 5.69 Å². The quantitative estimate of drug-likeness (QED) is 0.711. The molecule has 2 aromatic carbocycles. The molecule has 0 aliphatic carbocycles. The van der Waals surface area contributed by atoms with Gasteiger partial charge in [0.15, 0.2) is 5.75 Å². The van der Waals surface area contributed by atoms with Crippen LogP contribution >= 0.6 is 11.6 Å². The van der Waals surface area contributed by atoms with Crippen molar-refractivity contribution in [2.24, 2.45) is 0 Å². The average Bonchev–Trinajstić information content (AvgIpc) is 2.87. The van der Waals surface area contributed by atoms with E-state index in [4.69, 9.17) is 16.3 Å². The molecule has 3 nitrogen and oxygen atoms in total. The maximum Gasteiger partial charge on any atom is 0.165 e. The van der Waals surface area contributed by atoms with Crippen molar-refractivity contribution in [3.63, 3.8) is 0 Å². The molecule has 0 unspecified atom stereocenters. The summed E-state index contributed by atoms with van der Waals surface area (Å²) in [6.07, 6.45) is 3.24. The van der Waals surface area contributed by atoms with Gasteiger partial charge in [0.05, 0.1) is 23.1 Å². The summed E-state index contributed by atoms with van der Waals surface area (Å²) in [5.74, 6) is 0.584. The fourth-order valence-corrected chi connectivity index (χ4v) is 2.02. The van der Waals surface area contributed by atoms with Crippen LogP contribution in [0.4, 0.5) is 4.39 Å². The van der Waals surface area contributed by atoms with E-state index in [2.05, 4.69) is 5.10 Å². The molecule has 0 amide bonds. The number of hydrogen-bond acceptors (Lipinski definition) is 2. The summed E-state index contributed by atoms with van der Waals surface area (Å²) in [5, 5.41) is 4.77. The third kappa shape index (κ3) is 2.65. The van der Waals surface area contributed by atoms with E-state index in [9.17, 15) is 4.39 Å². The summed E-state index contributed by atoms with van der Waals surface area (Å²) >= 11 is 6.10. The van der Waals surface area contributed by atoms with E-state index in [1.54, 1.807) is 35.3 Å². The summed E-state index contributed by atoms with van der Waals surface area (Å²) in [6, 6.07) is 13.3. The van der Waals surface area contributed by atoms with Crippen molar-refractivity contribution in [3.05, 3.63) is 71.8 Å². The monoisotopic (exact) mass is 288 g/mol. The van der Waals surface area contributed by atoms with Crippen molar-refractivity contribution in [2.75, 3.05) is 0 Å². The number of rotatable bonds is 3. The van der Waals surface area contributed by atoms with Crippen molar-refractivity contribution in [3.8, 4) is 17.2 Å². The highest BCUT2D eigenvalue weighted by Crippen LogP contribution is 2.24. The van der Waals surface area contributed by atoms with Gasteiger partial charge in [-0.3, -0.25) is 0 Å². The Balaban J connectivity index is 1.86. The molecule has 1 aromatic heterocycles. The number of aromatic nitrogens is 2. The Kier molecular flexibility index (Phi) is 3.39. The molecule has 0 radical (unpaired) electrons. The lowest BCUT2D eigenvalue weighted by molar-refractivity contribution is 0.476. The second-order valence-electron chi connectivity index (χ2n) is 4.13. The normalized spacial score (nSPS) is 10.5. The van der Waals surface area contributed by atoms with Gasteiger partial charge in [0.2, 0.25) is 0 Å². The molecule has 0 saturated carbocycles. The molecule has 0 bridgehead atoms. The van der Waals surface area contributed by atoms with E-state index in [1.165, 1.54) is 12.1 Å². The lowest BCUT2D eigenvalue weighted by Crippen LogP contribution is -1.94. The summed E-state index contributed by atoms with van der Waals surface area (Å²) in [4.78, 5) is 0. The van der Waals surface area contributed by atoms with Gasteiger partial charge >= 0.3 is 0 Å². The van der Waals surface area contributed by atoms with Crippen molar-refractivity contribution >= 4 is 11.6 Å². The van der Waals surface area contributed by atoms with Crippen LogP contribution in [0.1, 0.15) is 0 Å². The number of ether oxygens (including phenoxy) is 1. The molecule has 1 heterocycles. The zero-order valence-corrected chi connectivity index (χ0v) is 11.1. The summed E-state index contributed by atoms with van der Waals surface area (Å²) < 4.78 is 20.2. The lowest BCUT2D eigenvalue weighted by Gasteiger charge is -2.03. The van der Waals surface area contributed by atoms with E-state index in [1.807, 2.05) is 18.2 Å². The average molecular weight is 289 g/mol. The van der Waals surface area contributed by atoms with Crippen LogP contribution in [0.3, 0.4) is 0 Å². The minimum atomic E-state index is -0.346. The predicted molar refractivity (Wildman–Crippen MR) is 75.0 cm³/mol. The summed E-state index contributed by atoms with van der Waals surface area (Å²) in [6.45, 7) is 0. The largest absolute Gasteiger partial charge is 0.454 e. The smallest absolute Gasteiger partial charge is 0.165 e. The van der Waals surface area contributed by atoms with Crippen LogP contribution in [0.15, 0.2) is 60.9 Å². The number of halogens is 2. The van der Waals surface area contributed by atoms with Crippen molar-refractivity contribution in [1.82, 2.24) is 9.78 Å². The maximum atomic E-state index is 13.1. The van der Waals surface area contributed by atoms with Gasteiger partial charge in [0.25, 0.3) is 0 Å². The Labute approximate surface area is 120 Å². The van der Waals surface area contributed by atoms with Gasteiger partial charge in [0.1, 0.15) is 11.6 Å². The van der Waals surface area contributed by atoms with Crippen LogP contribution < -0.4 is 4.74 Å². The van der Waals surface area contributed by atoms with Crippen LogP contribution in [0.2, 0.25) is 5.02 Å². The zero-order valence-electron chi connectivity index (χ0n) is 10.3. The minimum absolute atomic E-state index is 0.346. The van der Waals surface area contributed by atoms with Crippen molar-refractivity contribution in [2.45, 2.75) is 0 Å². The third-order valence-electron chi connectivity index (χ3n) is 2.69. The highest BCUT2D eigenvalue weighted by Gasteiger charge is 2.06. The first-order valence-electron chi connectivity index (χ1n) is 5.95. The number of hydrogen-bond donors (Lipinski definition) is 0. The van der Waals surface area contributed by atoms with Gasteiger partial charge in [0, 0.05) is 6.07 Å². The lowest BCUT2D eigenvalue weighted by atomic mass is 10.3. The van der Waals surface area contributed by atoms with Gasteiger partial charge in [-0.15, -0.1) is 0 Å². The Hall–Kier alpha value is -2.33. The molecule has 3 rings (SSSR count). The first-order valence-corrected chi connectivity index (χ1v) is 6.33. The molecule has 3 aromatic rings. The van der Waals surface area contributed by atoms with Gasteiger partial charge in [-0.2, -0.15) is 5.10 Å². The first-order chi connectivity index (χ1) is 9.72.